The first-order chi connectivity index (χ1) is 13.8. The summed E-state index contributed by atoms with van der Waals surface area (Å²) in [7, 11) is 0. The Bertz CT molecular complexity index is 921. The Hall–Kier alpha value is -2.63. The molecule has 3 aromatic rings. The Balaban J connectivity index is 1.37. The van der Waals surface area contributed by atoms with Gasteiger partial charge < -0.3 is 15.4 Å². The predicted octanol–water partition coefficient (Wildman–Crippen LogP) is 4.90. The smallest absolute Gasteiger partial charge is 0.407 e. The third-order valence-corrected chi connectivity index (χ3v) is 6.10. The van der Waals surface area contributed by atoms with Gasteiger partial charge in [0, 0.05) is 23.9 Å². The summed E-state index contributed by atoms with van der Waals surface area (Å²) in [5.74, 6) is 0.0867. The van der Waals surface area contributed by atoms with Crippen LogP contribution in [0.3, 0.4) is 0 Å². The molecule has 0 atom stereocenters. The highest BCUT2D eigenvalue weighted by molar-refractivity contribution is 7.10. The van der Waals surface area contributed by atoms with Gasteiger partial charge in [0.25, 0.3) is 0 Å². The van der Waals surface area contributed by atoms with Crippen molar-refractivity contribution in [2.24, 2.45) is 0 Å². The zero-order valence-corrected chi connectivity index (χ0v) is 16.7. The molecule has 0 aliphatic heterocycles. The lowest BCUT2D eigenvalue weighted by Crippen LogP contribution is -2.26. The number of fused-ring (bicyclic) bond motifs is 3. The van der Waals surface area contributed by atoms with Gasteiger partial charge in [-0.3, -0.25) is 0 Å². The Morgan fingerprint density at radius 2 is 1.68 bits per heavy atom. The molecule has 1 heterocycles. The maximum Gasteiger partial charge on any atom is 0.407 e. The molecule has 0 fully saturated rings. The van der Waals surface area contributed by atoms with Crippen molar-refractivity contribution in [3.63, 3.8) is 0 Å². The molecule has 1 aliphatic rings. The summed E-state index contributed by atoms with van der Waals surface area (Å²) in [4.78, 5) is 13.5. The summed E-state index contributed by atoms with van der Waals surface area (Å²) < 4.78 is 5.60. The third-order valence-electron chi connectivity index (χ3n) is 5.14. The molecule has 0 unspecified atom stereocenters. The summed E-state index contributed by atoms with van der Waals surface area (Å²) >= 11 is 1.70. The van der Waals surface area contributed by atoms with Crippen LogP contribution in [0, 0.1) is 0 Å². The molecule has 144 valence electrons. The van der Waals surface area contributed by atoms with E-state index in [1.54, 1.807) is 11.3 Å². The zero-order valence-electron chi connectivity index (χ0n) is 15.9. The average Bonchev–Trinajstić information content (AvgIpc) is 3.31. The number of alkyl carbamates (subject to hydrolysis) is 1. The third kappa shape index (κ3) is 3.81. The molecule has 2 N–H and O–H groups in total. The van der Waals surface area contributed by atoms with E-state index in [9.17, 15) is 4.79 Å². The second-order valence-electron chi connectivity index (χ2n) is 6.83. The van der Waals surface area contributed by atoms with Crippen LogP contribution in [-0.2, 0) is 17.8 Å². The van der Waals surface area contributed by atoms with Gasteiger partial charge in [-0.25, -0.2) is 4.79 Å². The molecule has 4 nitrogen and oxygen atoms in total. The van der Waals surface area contributed by atoms with Crippen molar-refractivity contribution in [2.45, 2.75) is 25.9 Å². The number of thiophene rings is 1. The molecule has 1 amide bonds. The van der Waals surface area contributed by atoms with E-state index in [1.807, 2.05) is 12.1 Å². The van der Waals surface area contributed by atoms with E-state index in [0.29, 0.717) is 13.2 Å². The van der Waals surface area contributed by atoms with Gasteiger partial charge in [-0.2, -0.15) is 0 Å². The first-order valence-corrected chi connectivity index (χ1v) is 10.5. The fourth-order valence-electron chi connectivity index (χ4n) is 3.73. The van der Waals surface area contributed by atoms with Crippen LogP contribution in [0.15, 0.2) is 60.0 Å². The van der Waals surface area contributed by atoms with Crippen LogP contribution in [0.5, 0.6) is 0 Å². The van der Waals surface area contributed by atoms with Crippen LogP contribution in [0.2, 0.25) is 0 Å². The molecule has 0 saturated heterocycles. The number of nitrogens with one attached hydrogen (secondary N) is 2. The molecular weight excluding hydrogens is 368 g/mol. The maximum absolute atomic E-state index is 12.3. The number of benzene rings is 2. The fourth-order valence-corrected chi connectivity index (χ4v) is 4.61. The van der Waals surface area contributed by atoms with Gasteiger partial charge in [-0.05, 0) is 45.8 Å². The number of hydrogen-bond donors (Lipinski definition) is 2. The Morgan fingerprint density at radius 1 is 1.00 bits per heavy atom. The second-order valence-corrected chi connectivity index (χ2v) is 7.83. The number of amides is 1. The standard InChI is InChI=1S/C23H24N2O2S/c1-2-24-14-22-16(11-12-28-22)13-25-23(26)27-15-21-19-9-5-3-7-17(19)18-8-4-6-10-20(18)21/h3-12,21,24H,2,13-15H2,1H3,(H,25,26). The zero-order chi connectivity index (χ0) is 19.3. The van der Waals surface area contributed by atoms with Gasteiger partial charge in [0.2, 0.25) is 0 Å². The largest absolute Gasteiger partial charge is 0.449 e. The number of ether oxygens (including phenoxy) is 1. The summed E-state index contributed by atoms with van der Waals surface area (Å²) in [5, 5.41) is 8.27. The van der Waals surface area contributed by atoms with Gasteiger partial charge in [-0.1, -0.05) is 55.5 Å². The average molecular weight is 393 g/mol. The van der Waals surface area contributed by atoms with Gasteiger partial charge >= 0.3 is 6.09 Å². The van der Waals surface area contributed by atoms with E-state index >= 15 is 0 Å². The molecular formula is C23H24N2O2S. The van der Waals surface area contributed by atoms with Gasteiger partial charge in [0.15, 0.2) is 0 Å². The first-order valence-electron chi connectivity index (χ1n) is 9.62. The predicted molar refractivity (Wildman–Crippen MR) is 114 cm³/mol. The van der Waals surface area contributed by atoms with Crippen molar-refractivity contribution in [3.05, 3.63) is 81.5 Å². The van der Waals surface area contributed by atoms with Crippen molar-refractivity contribution in [2.75, 3.05) is 13.2 Å². The monoisotopic (exact) mass is 392 g/mol. The van der Waals surface area contributed by atoms with Crippen LogP contribution in [0.25, 0.3) is 11.1 Å². The first kappa shape index (κ1) is 18.7. The summed E-state index contributed by atoms with van der Waals surface area (Å²) in [5.41, 5.74) is 6.06. The van der Waals surface area contributed by atoms with Gasteiger partial charge in [-0.15, -0.1) is 11.3 Å². The highest BCUT2D eigenvalue weighted by Gasteiger charge is 2.28. The SMILES string of the molecule is CCNCc1sccc1CNC(=O)OCC1c2ccccc2-c2ccccc21. The molecule has 0 radical (unpaired) electrons. The Morgan fingerprint density at radius 3 is 2.36 bits per heavy atom. The van der Waals surface area contributed by atoms with Crippen LogP contribution in [0.4, 0.5) is 4.79 Å². The van der Waals surface area contributed by atoms with E-state index in [-0.39, 0.29) is 12.0 Å². The molecule has 0 saturated carbocycles. The summed E-state index contributed by atoms with van der Waals surface area (Å²) in [6, 6.07) is 18.8. The van der Waals surface area contributed by atoms with Crippen LogP contribution in [-0.4, -0.2) is 19.2 Å². The second kappa shape index (κ2) is 8.59. The highest BCUT2D eigenvalue weighted by atomic mass is 32.1. The van der Waals surface area contributed by atoms with Crippen molar-refractivity contribution in [3.8, 4) is 11.1 Å². The van der Waals surface area contributed by atoms with E-state index in [1.165, 1.54) is 27.1 Å². The fraction of sp³-hybridized carbons (Fsp3) is 0.261. The molecule has 1 aromatic heterocycles. The van der Waals surface area contributed by atoms with E-state index < -0.39 is 0 Å². The van der Waals surface area contributed by atoms with Crippen LogP contribution in [0.1, 0.15) is 34.4 Å². The lowest BCUT2D eigenvalue weighted by atomic mass is 9.98. The minimum absolute atomic E-state index is 0.0867. The van der Waals surface area contributed by atoms with Crippen molar-refractivity contribution >= 4 is 17.4 Å². The normalized spacial score (nSPS) is 12.5. The number of rotatable bonds is 7. The van der Waals surface area contributed by atoms with Crippen LogP contribution >= 0.6 is 11.3 Å². The van der Waals surface area contributed by atoms with E-state index in [4.69, 9.17) is 4.74 Å². The molecule has 1 aliphatic carbocycles. The molecule has 0 spiro atoms. The maximum atomic E-state index is 12.3. The lowest BCUT2D eigenvalue weighted by Gasteiger charge is -2.14. The van der Waals surface area contributed by atoms with E-state index in [0.717, 1.165) is 18.7 Å². The Kier molecular flexibility index (Phi) is 5.74. The van der Waals surface area contributed by atoms with Crippen molar-refractivity contribution in [1.82, 2.24) is 10.6 Å². The molecule has 2 aromatic carbocycles. The van der Waals surface area contributed by atoms with Crippen molar-refractivity contribution in [1.29, 1.82) is 0 Å². The molecule has 4 rings (SSSR count). The summed E-state index contributed by atoms with van der Waals surface area (Å²) in [6.07, 6.45) is -0.373. The molecule has 5 heteroatoms. The van der Waals surface area contributed by atoms with Crippen molar-refractivity contribution < 1.29 is 9.53 Å². The summed E-state index contributed by atoms with van der Waals surface area (Å²) in [6.45, 7) is 4.67. The molecule has 28 heavy (non-hydrogen) atoms. The Labute approximate surface area is 169 Å². The van der Waals surface area contributed by atoms with E-state index in [2.05, 4.69) is 65.4 Å². The number of carbonyl (C=O) groups excluding carboxylic acids is 1. The minimum Gasteiger partial charge on any atom is -0.449 e. The topological polar surface area (TPSA) is 50.4 Å². The number of hydrogen-bond acceptors (Lipinski definition) is 4. The number of carbonyl (C=O) groups is 1. The van der Waals surface area contributed by atoms with Gasteiger partial charge in [0.1, 0.15) is 6.61 Å². The quantitative estimate of drug-likeness (QED) is 0.601. The van der Waals surface area contributed by atoms with Gasteiger partial charge in [0.05, 0.1) is 0 Å². The lowest BCUT2D eigenvalue weighted by molar-refractivity contribution is 0.142. The highest BCUT2D eigenvalue weighted by Crippen LogP contribution is 2.44. The molecule has 0 bridgehead atoms. The minimum atomic E-state index is -0.373. The van der Waals surface area contributed by atoms with Crippen LogP contribution < -0.4 is 10.6 Å².